The van der Waals surface area contributed by atoms with Crippen molar-refractivity contribution in [3.63, 3.8) is 0 Å². The molecule has 0 saturated carbocycles. The standard InChI is InChI=1S/C21H15N3O/c1-12-19-16-4-6-24-5-2-3-13-7-14(8-17(16)21(13)24)18(11-25-12)20(19)15(9-22)10-23/h2-3,7-8,11,16H,4-6H2,1H3. The van der Waals surface area contributed by atoms with Crippen LogP contribution in [0.5, 0.6) is 0 Å². The predicted molar refractivity (Wildman–Crippen MR) is 95.1 cm³/mol. The summed E-state index contributed by atoms with van der Waals surface area (Å²) in [4.78, 5) is 2.42. The van der Waals surface area contributed by atoms with E-state index >= 15 is 0 Å². The molecule has 0 saturated heterocycles. The minimum absolute atomic E-state index is 0.161. The monoisotopic (exact) mass is 325 g/mol. The highest BCUT2D eigenvalue weighted by Crippen LogP contribution is 2.53. The molecule has 4 heteroatoms. The lowest BCUT2D eigenvalue weighted by Crippen LogP contribution is -2.34. The van der Waals surface area contributed by atoms with Crippen LogP contribution in [0.3, 0.4) is 0 Å². The van der Waals surface area contributed by atoms with Crippen LogP contribution in [-0.4, -0.2) is 13.1 Å². The third kappa shape index (κ3) is 1.74. The molecule has 4 nitrogen and oxygen atoms in total. The Bertz CT molecular complexity index is 1020. The number of nitriles is 2. The van der Waals surface area contributed by atoms with E-state index in [0.29, 0.717) is 0 Å². The second kappa shape index (κ2) is 4.88. The first-order chi connectivity index (χ1) is 12.2. The van der Waals surface area contributed by atoms with Crippen molar-refractivity contribution in [2.75, 3.05) is 18.0 Å². The molecule has 0 amide bonds. The van der Waals surface area contributed by atoms with Gasteiger partial charge in [-0.1, -0.05) is 12.2 Å². The first kappa shape index (κ1) is 14.1. The van der Waals surface area contributed by atoms with E-state index in [4.69, 9.17) is 4.74 Å². The van der Waals surface area contributed by atoms with Crippen molar-refractivity contribution in [1.82, 2.24) is 0 Å². The zero-order chi connectivity index (χ0) is 17.1. The minimum atomic E-state index is 0.161. The van der Waals surface area contributed by atoms with Crippen LogP contribution in [0.15, 0.2) is 46.9 Å². The molecule has 4 bridgehead atoms. The molecule has 0 spiro atoms. The van der Waals surface area contributed by atoms with E-state index in [-0.39, 0.29) is 11.5 Å². The summed E-state index contributed by atoms with van der Waals surface area (Å²) in [6, 6.07) is 8.57. The maximum absolute atomic E-state index is 9.54. The fourth-order valence-corrected chi connectivity index (χ4v) is 4.56. The average molecular weight is 325 g/mol. The van der Waals surface area contributed by atoms with Crippen LogP contribution in [0.25, 0.3) is 11.6 Å². The summed E-state index contributed by atoms with van der Waals surface area (Å²) in [5.74, 6) is 0.956. The third-order valence-electron chi connectivity index (χ3n) is 5.58. The predicted octanol–water partition coefficient (Wildman–Crippen LogP) is 4.01. The summed E-state index contributed by atoms with van der Waals surface area (Å²) >= 11 is 0. The zero-order valence-corrected chi connectivity index (χ0v) is 13.8. The summed E-state index contributed by atoms with van der Waals surface area (Å²) < 4.78 is 5.85. The van der Waals surface area contributed by atoms with E-state index in [1.165, 1.54) is 16.8 Å². The lowest BCUT2D eigenvalue weighted by Gasteiger charge is -2.38. The van der Waals surface area contributed by atoms with Crippen molar-refractivity contribution < 1.29 is 4.74 Å². The van der Waals surface area contributed by atoms with E-state index in [9.17, 15) is 10.5 Å². The molecule has 0 fully saturated rings. The van der Waals surface area contributed by atoms with Gasteiger partial charge in [0.2, 0.25) is 0 Å². The number of rotatable bonds is 0. The molecule has 1 aromatic carbocycles. The van der Waals surface area contributed by atoms with Gasteiger partial charge in [0.15, 0.2) is 0 Å². The minimum Gasteiger partial charge on any atom is -0.469 e. The topological polar surface area (TPSA) is 60.1 Å². The molecular weight excluding hydrogens is 310 g/mol. The highest BCUT2D eigenvalue weighted by Gasteiger charge is 2.39. The average Bonchev–Trinajstić information content (AvgIpc) is 2.71. The number of nitrogens with zero attached hydrogens (tertiary/aromatic N) is 3. The van der Waals surface area contributed by atoms with Crippen molar-refractivity contribution in [1.29, 1.82) is 10.5 Å². The maximum Gasteiger partial charge on any atom is 0.138 e. The fourth-order valence-electron chi connectivity index (χ4n) is 4.56. The molecule has 120 valence electrons. The van der Waals surface area contributed by atoms with Crippen LogP contribution < -0.4 is 4.90 Å². The Kier molecular flexibility index (Phi) is 2.76. The van der Waals surface area contributed by atoms with Crippen LogP contribution in [0.2, 0.25) is 0 Å². The quantitative estimate of drug-likeness (QED) is 0.676. The van der Waals surface area contributed by atoms with Gasteiger partial charge in [0, 0.05) is 41.4 Å². The lowest BCUT2D eigenvalue weighted by atomic mass is 9.79. The molecule has 1 atom stereocenters. The second-order valence-electron chi connectivity index (χ2n) is 6.79. The van der Waals surface area contributed by atoms with Gasteiger partial charge >= 0.3 is 0 Å². The Labute approximate surface area is 146 Å². The normalized spacial score (nSPS) is 21.7. The summed E-state index contributed by atoms with van der Waals surface area (Å²) in [5.41, 5.74) is 7.60. The van der Waals surface area contributed by atoms with Gasteiger partial charge in [-0.3, -0.25) is 0 Å². The van der Waals surface area contributed by atoms with Crippen LogP contribution in [0, 0.1) is 22.7 Å². The number of allylic oxidation sites excluding steroid dienone is 5. The van der Waals surface area contributed by atoms with E-state index in [1.54, 1.807) is 6.26 Å². The van der Waals surface area contributed by atoms with Gasteiger partial charge in [-0.25, -0.2) is 0 Å². The second-order valence-corrected chi connectivity index (χ2v) is 6.79. The summed E-state index contributed by atoms with van der Waals surface area (Å²) in [7, 11) is 0. The largest absolute Gasteiger partial charge is 0.469 e. The SMILES string of the molecule is CC1=C2C(=C(C#N)C#N)C(=CO1)c1cc3c4c(c1)C2CCN4CC=C3. The third-order valence-corrected chi connectivity index (χ3v) is 5.58. The van der Waals surface area contributed by atoms with Gasteiger partial charge in [0.05, 0.1) is 6.26 Å². The van der Waals surface area contributed by atoms with Crippen molar-refractivity contribution in [2.45, 2.75) is 19.3 Å². The molecule has 1 unspecified atom stereocenters. The van der Waals surface area contributed by atoms with Crippen LogP contribution in [-0.2, 0) is 4.74 Å². The first-order valence-corrected chi connectivity index (χ1v) is 8.45. The summed E-state index contributed by atoms with van der Waals surface area (Å²) in [6.07, 6.45) is 7.03. The number of ether oxygens (including phenoxy) is 1. The number of fused-ring (bicyclic) bond motifs is 5. The molecule has 0 radical (unpaired) electrons. The molecule has 1 aromatic rings. The number of benzene rings is 1. The van der Waals surface area contributed by atoms with Crippen LogP contribution in [0.1, 0.15) is 36.0 Å². The summed E-state index contributed by atoms with van der Waals surface area (Å²) in [5, 5.41) is 19.1. The maximum atomic E-state index is 9.54. The Balaban J connectivity index is 1.91. The Hall–Kier alpha value is -3.24. The smallest absolute Gasteiger partial charge is 0.138 e. The molecule has 25 heavy (non-hydrogen) atoms. The van der Waals surface area contributed by atoms with Crippen molar-refractivity contribution in [3.05, 3.63) is 63.6 Å². The molecule has 3 heterocycles. The van der Waals surface area contributed by atoms with Crippen LogP contribution >= 0.6 is 0 Å². The van der Waals surface area contributed by atoms with E-state index in [2.05, 4.69) is 41.3 Å². The van der Waals surface area contributed by atoms with Crippen molar-refractivity contribution in [2.24, 2.45) is 0 Å². The Morgan fingerprint density at radius 1 is 1.28 bits per heavy atom. The number of hydrogen-bond acceptors (Lipinski definition) is 4. The molecule has 0 N–H and O–H groups in total. The first-order valence-electron chi connectivity index (χ1n) is 8.45. The zero-order valence-electron chi connectivity index (χ0n) is 13.8. The van der Waals surface area contributed by atoms with Gasteiger partial charge in [-0.2, -0.15) is 10.5 Å². The molecule has 0 aromatic heterocycles. The van der Waals surface area contributed by atoms with Gasteiger partial charge in [0.25, 0.3) is 0 Å². The summed E-state index contributed by atoms with van der Waals surface area (Å²) in [6.45, 7) is 3.83. The Morgan fingerprint density at radius 3 is 2.92 bits per heavy atom. The van der Waals surface area contributed by atoms with E-state index < -0.39 is 0 Å². The van der Waals surface area contributed by atoms with E-state index in [0.717, 1.165) is 47.6 Å². The Morgan fingerprint density at radius 2 is 2.12 bits per heavy atom. The molecular formula is C21H15N3O. The number of anilines is 1. The van der Waals surface area contributed by atoms with Gasteiger partial charge in [-0.15, -0.1) is 0 Å². The van der Waals surface area contributed by atoms with E-state index in [1.807, 2.05) is 6.92 Å². The highest BCUT2D eigenvalue weighted by atomic mass is 16.5. The van der Waals surface area contributed by atoms with Gasteiger partial charge < -0.3 is 9.64 Å². The lowest BCUT2D eigenvalue weighted by molar-refractivity contribution is 0.341. The molecule has 1 aliphatic carbocycles. The van der Waals surface area contributed by atoms with Crippen molar-refractivity contribution >= 4 is 17.3 Å². The molecule has 4 aliphatic rings. The van der Waals surface area contributed by atoms with Crippen LogP contribution in [0.4, 0.5) is 5.69 Å². The van der Waals surface area contributed by atoms with Gasteiger partial charge in [-0.05, 0) is 42.2 Å². The highest BCUT2D eigenvalue weighted by molar-refractivity contribution is 5.93. The number of hydrogen-bond donors (Lipinski definition) is 0. The molecule has 5 rings (SSSR count). The van der Waals surface area contributed by atoms with Gasteiger partial charge in [0.1, 0.15) is 23.5 Å². The molecule has 3 aliphatic heterocycles. The fraction of sp³-hybridized carbons (Fsp3) is 0.238. The van der Waals surface area contributed by atoms with Crippen molar-refractivity contribution in [3.8, 4) is 12.1 Å².